The molecule has 0 aliphatic carbocycles. The van der Waals surface area contributed by atoms with Gasteiger partial charge in [0.25, 0.3) is 0 Å². The van der Waals surface area contributed by atoms with Crippen LogP contribution in [0.4, 0.5) is 11.4 Å². The van der Waals surface area contributed by atoms with Crippen LogP contribution in [0.25, 0.3) is 0 Å². The molecule has 0 aliphatic rings. The van der Waals surface area contributed by atoms with Crippen molar-refractivity contribution in [1.82, 2.24) is 0 Å². The van der Waals surface area contributed by atoms with Crippen molar-refractivity contribution in [2.45, 2.75) is 6.54 Å². The molecule has 0 amide bonds. The monoisotopic (exact) mass is 237 g/mol. The van der Waals surface area contributed by atoms with E-state index in [4.69, 9.17) is 11.0 Å². The lowest BCUT2D eigenvalue weighted by molar-refractivity contribution is 0.923. The fourth-order valence-electron chi connectivity index (χ4n) is 1.87. The molecule has 0 saturated heterocycles. The van der Waals surface area contributed by atoms with Gasteiger partial charge in [0.05, 0.1) is 11.6 Å². The van der Waals surface area contributed by atoms with Gasteiger partial charge in [-0.25, -0.2) is 0 Å². The summed E-state index contributed by atoms with van der Waals surface area (Å²) >= 11 is 0. The van der Waals surface area contributed by atoms with E-state index in [-0.39, 0.29) is 0 Å². The fraction of sp³-hybridized carbons (Fsp3) is 0.133. The van der Waals surface area contributed by atoms with Crippen LogP contribution in [-0.2, 0) is 6.54 Å². The zero-order chi connectivity index (χ0) is 13.0. The SMILES string of the molecule is CN(Cc1cccc(C#N)c1)c1cccc(N)c1. The Hall–Kier alpha value is -2.47. The maximum Gasteiger partial charge on any atom is 0.0991 e. The van der Waals surface area contributed by atoms with E-state index < -0.39 is 0 Å². The smallest absolute Gasteiger partial charge is 0.0991 e. The molecule has 0 spiro atoms. The first-order valence-electron chi connectivity index (χ1n) is 5.75. The van der Waals surface area contributed by atoms with Crippen molar-refractivity contribution in [2.75, 3.05) is 17.7 Å². The van der Waals surface area contributed by atoms with Gasteiger partial charge in [-0.3, -0.25) is 0 Å². The van der Waals surface area contributed by atoms with Crippen LogP contribution in [0.3, 0.4) is 0 Å². The molecular formula is C15H15N3. The summed E-state index contributed by atoms with van der Waals surface area (Å²) in [4.78, 5) is 2.10. The van der Waals surface area contributed by atoms with Gasteiger partial charge in [0.2, 0.25) is 0 Å². The second-order valence-electron chi connectivity index (χ2n) is 4.26. The van der Waals surface area contributed by atoms with Crippen LogP contribution in [0.5, 0.6) is 0 Å². The molecule has 18 heavy (non-hydrogen) atoms. The minimum atomic E-state index is 0.688. The van der Waals surface area contributed by atoms with Crippen LogP contribution < -0.4 is 10.6 Å². The number of nitrogens with two attached hydrogens (primary N) is 1. The molecule has 2 N–H and O–H groups in total. The van der Waals surface area contributed by atoms with E-state index in [2.05, 4.69) is 11.0 Å². The highest BCUT2D eigenvalue weighted by Gasteiger charge is 2.03. The molecule has 0 bridgehead atoms. The number of hydrogen-bond donors (Lipinski definition) is 1. The first-order chi connectivity index (χ1) is 8.69. The van der Waals surface area contributed by atoms with Crippen molar-refractivity contribution in [3.63, 3.8) is 0 Å². The second-order valence-corrected chi connectivity index (χ2v) is 4.26. The summed E-state index contributed by atoms with van der Waals surface area (Å²) in [6, 6.07) is 17.6. The summed E-state index contributed by atoms with van der Waals surface area (Å²) in [6.45, 7) is 0.749. The van der Waals surface area contributed by atoms with Gasteiger partial charge in [-0.15, -0.1) is 0 Å². The highest BCUT2D eigenvalue weighted by molar-refractivity contribution is 5.55. The number of nitriles is 1. The fourth-order valence-corrected chi connectivity index (χ4v) is 1.87. The van der Waals surface area contributed by atoms with Crippen molar-refractivity contribution in [3.05, 3.63) is 59.7 Å². The zero-order valence-corrected chi connectivity index (χ0v) is 10.3. The number of rotatable bonds is 3. The number of nitrogens with zero attached hydrogens (tertiary/aromatic N) is 2. The predicted octanol–water partition coefficient (Wildman–Crippen LogP) is 2.78. The Balaban J connectivity index is 2.16. The van der Waals surface area contributed by atoms with Crippen LogP contribution in [0, 0.1) is 11.3 Å². The van der Waals surface area contributed by atoms with Crippen molar-refractivity contribution in [2.24, 2.45) is 0 Å². The number of anilines is 2. The Bertz CT molecular complexity index is 584. The largest absolute Gasteiger partial charge is 0.399 e. The lowest BCUT2D eigenvalue weighted by atomic mass is 10.1. The minimum Gasteiger partial charge on any atom is -0.399 e. The predicted molar refractivity (Wildman–Crippen MR) is 74.1 cm³/mol. The Morgan fingerprint density at radius 2 is 1.94 bits per heavy atom. The molecule has 0 atom stereocenters. The van der Waals surface area contributed by atoms with Crippen molar-refractivity contribution in [3.8, 4) is 6.07 Å². The lowest BCUT2D eigenvalue weighted by Crippen LogP contribution is -2.16. The quantitative estimate of drug-likeness (QED) is 0.835. The first kappa shape index (κ1) is 12.0. The molecule has 3 heteroatoms. The zero-order valence-electron chi connectivity index (χ0n) is 10.3. The summed E-state index contributed by atoms with van der Waals surface area (Å²) in [6.07, 6.45) is 0. The van der Waals surface area contributed by atoms with E-state index in [9.17, 15) is 0 Å². The van der Waals surface area contributed by atoms with E-state index in [1.165, 1.54) is 0 Å². The molecule has 2 rings (SSSR count). The van der Waals surface area contributed by atoms with Gasteiger partial charge in [-0.2, -0.15) is 5.26 Å². The maximum absolute atomic E-state index is 8.87. The van der Waals surface area contributed by atoms with Gasteiger partial charge >= 0.3 is 0 Å². The van der Waals surface area contributed by atoms with E-state index in [0.29, 0.717) is 5.56 Å². The van der Waals surface area contributed by atoms with E-state index in [0.717, 1.165) is 23.5 Å². The molecular weight excluding hydrogens is 222 g/mol. The molecule has 0 heterocycles. The summed E-state index contributed by atoms with van der Waals surface area (Å²) in [7, 11) is 2.01. The number of hydrogen-bond acceptors (Lipinski definition) is 3. The van der Waals surface area contributed by atoms with Crippen LogP contribution in [0.1, 0.15) is 11.1 Å². The summed E-state index contributed by atoms with van der Waals surface area (Å²) in [5, 5.41) is 8.87. The maximum atomic E-state index is 8.87. The van der Waals surface area contributed by atoms with Crippen LogP contribution in [0.2, 0.25) is 0 Å². The van der Waals surface area contributed by atoms with Gasteiger partial charge < -0.3 is 10.6 Å². The second kappa shape index (κ2) is 5.24. The molecule has 0 aliphatic heterocycles. The third-order valence-corrected chi connectivity index (χ3v) is 2.79. The normalized spacial score (nSPS) is 9.78. The first-order valence-corrected chi connectivity index (χ1v) is 5.75. The molecule has 0 saturated carbocycles. The number of benzene rings is 2. The van der Waals surface area contributed by atoms with Gasteiger partial charge in [0.1, 0.15) is 0 Å². The Labute approximate surface area is 107 Å². The molecule has 3 nitrogen and oxygen atoms in total. The standard InChI is InChI=1S/C15H15N3/c1-18(15-7-3-6-14(17)9-15)11-13-5-2-4-12(8-13)10-16/h2-9H,11,17H2,1H3. The lowest BCUT2D eigenvalue weighted by Gasteiger charge is -2.19. The third-order valence-electron chi connectivity index (χ3n) is 2.79. The Kier molecular flexibility index (Phi) is 3.49. The van der Waals surface area contributed by atoms with E-state index in [1.807, 2.05) is 55.6 Å². The molecule has 0 aromatic heterocycles. The molecule has 0 radical (unpaired) electrons. The summed E-state index contributed by atoms with van der Waals surface area (Å²) in [5.74, 6) is 0. The Morgan fingerprint density at radius 1 is 1.17 bits per heavy atom. The third kappa shape index (κ3) is 2.80. The number of nitrogen functional groups attached to an aromatic ring is 1. The molecule has 2 aromatic carbocycles. The molecule has 90 valence electrons. The molecule has 0 unspecified atom stereocenters. The van der Waals surface area contributed by atoms with E-state index in [1.54, 1.807) is 0 Å². The van der Waals surface area contributed by atoms with Crippen molar-refractivity contribution in [1.29, 1.82) is 5.26 Å². The highest BCUT2D eigenvalue weighted by Crippen LogP contribution is 2.18. The highest BCUT2D eigenvalue weighted by atomic mass is 15.1. The van der Waals surface area contributed by atoms with Crippen molar-refractivity contribution >= 4 is 11.4 Å². The topological polar surface area (TPSA) is 53.0 Å². The Morgan fingerprint density at radius 3 is 2.67 bits per heavy atom. The average Bonchev–Trinajstić information content (AvgIpc) is 2.39. The molecule has 0 fully saturated rings. The summed E-state index contributed by atoms with van der Waals surface area (Å²) < 4.78 is 0. The van der Waals surface area contributed by atoms with Crippen LogP contribution in [-0.4, -0.2) is 7.05 Å². The van der Waals surface area contributed by atoms with Crippen molar-refractivity contribution < 1.29 is 0 Å². The van der Waals surface area contributed by atoms with Gasteiger partial charge in [-0.05, 0) is 35.9 Å². The van der Waals surface area contributed by atoms with Crippen LogP contribution in [0.15, 0.2) is 48.5 Å². The average molecular weight is 237 g/mol. The van der Waals surface area contributed by atoms with Gasteiger partial charge in [0.15, 0.2) is 0 Å². The van der Waals surface area contributed by atoms with Gasteiger partial charge in [0, 0.05) is 25.0 Å². The van der Waals surface area contributed by atoms with E-state index >= 15 is 0 Å². The molecule has 2 aromatic rings. The van der Waals surface area contributed by atoms with Crippen LogP contribution >= 0.6 is 0 Å². The minimum absolute atomic E-state index is 0.688. The summed E-state index contributed by atoms with van der Waals surface area (Å²) in [5.41, 5.74) is 9.39. The van der Waals surface area contributed by atoms with Gasteiger partial charge in [-0.1, -0.05) is 18.2 Å².